The number of hydrogen-bond donors (Lipinski definition) is 0. The van der Waals surface area contributed by atoms with Crippen molar-refractivity contribution in [2.45, 2.75) is 83.7 Å². The Morgan fingerprint density at radius 3 is 1.29 bits per heavy atom. The van der Waals surface area contributed by atoms with Crippen LogP contribution in [-0.4, -0.2) is 112 Å². The Bertz CT molecular complexity index is 1670. The van der Waals surface area contributed by atoms with Crippen LogP contribution in [0.3, 0.4) is 0 Å². The quantitative estimate of drug-likeness (QED) is 0.221. The normalized spacial score (nSPS) is 31.3. The summed E-state index contributed by atoms with van der Waals surface area (Å²) in [5.74, 6) is 1.47. The van der Waals surface area contributed by atoms with Crippen molar-refractivity contribution in [1.82, 2.24) is 19.6 Å². The first-order valence-corrected chi connectivity index (χ1v) is 22.4. The summed E-state index contributed by atoms with van der Waals surface area (Å²) in [6.07, 6.45) is 7.04. The monoisotopic (exact) mass is 778 g/mol. The molecule has 8 heterocycles. The summed E-state index contributed by atoms with van der Waals surface area (Å²) in [5, 5.41) is 0. The molecular weight excluding hydrogens is 737 g/mol. The van der Waals surface area contributed by atoms with E-state index in [1.165, 1.54) is 23.5 Å². The maximum Gasteiger partial charge on any atom is 0.261 e. The van der Waals surface area contributed by atoms with Gasteiger partial charge in [0.25, 0.3) is 23.6 Å². The Morgan fingerprint density at radius 2 is 0.885 bits per heavy atom. The van der Waals surface area contributed by atoms with Gasteiger partial charge in [0.15, 0.2) is 31.1 Å². The SMILES string of the molecule is O=C(CCS[C@]12CCCN1C(=O)[C@@]1(SCCC(=O)c3ccccc3)CCCN1C2=O)c1ccccc1.O=C1N2CCC[C@@]23SS[C@@]12CCCN2C3=O. The molecule has 0 unspecified atom stereocenters. The minimum Gasteiger partial charge on any atom is -0.317 e. The van der Waals surface area contributed by atoms with Crippen molar-refractivity contribution in [2.24, 2.45) is 0 Å². The second-order valence-electron chi connectivity index (χ2n) is 14.3. The van der Waals surface area contributed by atoms with E-state index in [0.717, 1.165) is 51.6 Å². The number of nitrogens with zero attached hydrogens (tertiary/aromatic N) is 4. The van der Waals surface area contributed by atoms with Gasteiger partial charge in [-0.15, -0.1) is 23.5 Å². The number of Topliss-reactive ketones (excluding diaryl/α,β-unsaturated/α-hetero) is 2. The first kappa shape index (κ1) is 36.1. The molecule has 0 aliphatic carbocycles. The van der Waals surface area contributed by atoms with Crippen LogP contribution in [0.2, 0.25) is 0 Å². The molecule has 2 aromatic rings. The molecule has 8 aliphatic heterocycles. The average molecular weight is 779 g/mol. The fourth-order valence-electron chi connectivity index (χ4n) is 8.93. The van der Waals surface area contributed by atoms with Gasteiger partial charge in [-0.25, -0.2) is 0 Å². The van der Waals surface area contributed by atoms with Crippen LogP contribution in [0.25, 0.3) is 0 Å². The van der Waals surface area contributed by atoms with Gasteiger partial charge >= 0.3 is 0 Å². The van der Waals surface area contributed by atoms with E-state index in [0.29, 0.717) is 61.4 Å². The van der Waals surface area contributed by atoms with Crippen molar-refractivity contribution in [3.05, 3.63) is 71.8 Å². The predicted octanol–water partition coefficient (Wildman–Crippen LogP) is 5.68. The number of rotatable bonds is 10. The lowest BCUT2D eigenvalue weighted by atomic mass is 10.0. The van der Waals surface area contributed by atoms with E-state index in [9.17, 15) is 28.8 Å². The Balaban J connectivity index is 0.000000198. The molecule has 4 amide bonds. The van der Waals surface area contributed by atoms with Gasteiger partial charge in [0.05, 0.1) is 0 Å². The predicted molar refractivity (Wildman–Crippen MR) is 206 cm³/mol. The summed E-state index contributed by atoms with van der Waals surface area (Å²) < 4.78 is 0. The van der Waals surface area contributed by atoms with Gasteiger partial charge in [0.1, 0.15) is 0 Å². The molecule has 0 N–H and O–H groups in total. The van der Waals surface area contributed by atoms with Crippen molar-refractivity contribution >= 4 is 80.3 Å². The first-order chi connectivity index (χ1) is 25.2. The summed E-state index contributed by atoms with van der Waals surface area (Å²) in [4.78, 5) is 82.6. The molecule has 10 rings (SSSR count). The molecule has 14 heteroatoms. The van der Waals surface area contributed by atoms with Crippen LogP contribution in [0.4, 0.5) is 0 Å². The summed E-state index contributed by atoms with van der Waals surface area (Å²) >= 11 is 2.91. The Labute approximate surface area is 320 Å². The molecular formula is C38H42N4O6S4. The Kier molecular flexibility index (Phi) is 9.74. The number of carbonyl (C=O) groups is 6. The van der Waals surface area contributed by atoms with Crippen molar-refractivity contribution in [2.75, 3.05) is 37.7 Å². The highest BCUT2D eigenvalue weighted by molar-refractivity contribution is 8.78. The third-order valence-electron chi connectivity index (χ3n) is 11.5. The van der Waals surface area contributed by atoms with E-state index in [2.05, 4.69) is 0 Å². The lowest BCUT2D eigenvalue weighted by Crippen LogP contribution is -2.73. The lowest BCUT2D eigenvalue weighted by molar-refractivity contribution is -0.161. The van der Waals surface area contributed by atoms with Crippen LogP contribution in [-0.2, 0) is 19.2 Å². The lowest BCUT2D eigenvalue weighted by Gasteiger charge is -2.56. The maximum atomic E-state index is 14.0. The fraction of sp³-hybridized carbons (Fsp3) is 0.526. The van der Waals surface area contributed by atoms with E-state index >= 15 is 0 Å². The highest BCUT2D eigenvalue weighted by Gasteiger charge is 2.71. The second kappa shape index (κ2) is 14.0. The van der Waals surface area contributed by atoms with Crippen LogP contribution < -0.4 is 0 Å². The van der Waals surface area contributed by atoms with E-state index in [4.69, 9.17) is 0 Å². The van der Waals surface area contributed by atoms with Gasteiger partial charge in [-0.05, 0) is 51.4 Å². The zero-order chi connectivity index (χ0) is 36.1. The minimum absolute atomic E-state index is 0.00357. The number of ketones is 2. The van der Waals surface area contributed by atoms with Gasteiger partial charge in [0, 0.05) is 61.7 Å². The first-order valence-electron chi connectivity index (χ1n) is 18.3. The van der Waals surface area contributed by atoms with Crippen molar-refractivity contribution < 1.29 is 28.8 Å². The van der Waals surface area contributed by atoms with E-state index in [-0.39, 0.29) is 35.2 Å². The molecule has 0 aromatic heterocycles. The highest BCUT2D eigenvalue weighted by atomic mass is 33.1. The average Bonchev–Trinajstić information content (AvgIpc) is 3.99. The molecule has 2 bridgehead atoms. The van der Waals surface area contributed by atoms with Gasteiger partial charge in [0.2, 0.25) is 0 Å². The second-order valence-corrected chi connectivity index (χ2v) is 19.7. The topological polar surface area (TPSA) is 115 Å². The van der Waals surface area contributed by atoms with Gasteiger partial charge in [-0.3, -0.25) is 28.8 Å². The number of thioether (sulfide) groups is 2. The molecule has 52 heavy (non-hydrogen) atoms. The Hall–Kier alpha value is -2.94. The van der Waals surface area contributed by atoms with Crippen molar-refractivity contribution in [3.8, 4) is 0 Å². The molecule has 10 nitrogen and oxygen atoms in total. The van der Waals surface area contributed by atoms with Crippen molar-refractivity contribution in [3.63, 3.8) is 0 Å². The zero-order valence-electron chi connectivity index (χ0n) is 29.0. The number of carbonyl (C=O) groups excluding carboxylic acids is 6. The van der Waals surface area contributed by atoms with E-state index < -0.39 is 19.5 Å². The smallest absolute Gasteiger partial charge is 0.261 e. The standard InChI is InChI=1S/C28H30N2O4S2.C10H12N2O2S2/c31-23(21-9-3-1-4-10-21)13-19-35-27-15-7-17-29(27)26(34)28(16-8-18-30(28)25(27)33)36-20-14-24(32)22-11-5-2-6-12-22;13-7-9-3-1-5-11(9)8(14)10(16-15-9)4-2-6-12(7)10/h1-6,9-12H,7-8,13-20H2;1-6H2/t27-,28-;9-,10-/m00/s1. The van der Waals surface area contributed by atoms with Crippen LogP contribution in [0, 0.1) is 0 Å². The summed E-state index contributed by atoms with van der Waals surface area (Å²) in [6, 6.07) is 18.4. The third-order valence-corrected chi connectivity index (χ3v) is 18.2. The molecule has 4 atom stereocenters. The molecule has 8 aliphatic rings. The largest absolute Gasteiger partial charge is 0.317 e. The number of amides is 4. The zero-order valence-corrected chi connectivity index (χ0v) is 32.2. The number of hydrogen-bond acceptors (Lipinski definition) is 10. The molecule has 8 saturated heterocycles. The number of fused-ring (bicyclic) bond motifs is 3. The molecule has 8 fully saturated rings. The summed E-state index contributed by atoms with van der Waals surface area (Å²) in [6.45, 7) is 2.66. The van der Waals surface area contributed by atoms with Crippen LogP contribution in [0.1, 0.15) is 84.9 Å². The van der Waals surface area contributed by atoms with E-state index in [1.807, 2.05) is 46.2 Å². The minimum atomic E-state index is -0.914. The fourth-order valence-corrected chi connectivity index (χ4v) is 15.8. The van der Waals surface area contributed by atoms with Crippen molar-refractivity contribution in [1.29, 1.82) is 0 Å². The molecule has 2 spiro atoms. The molecule has 0 radical (unpaired) electrons. The summed E-state index contributed by atoms with van der Waals surface area (Å²) in [7, 11) is 3.28. The molecule has 2 aromatic carbocycles. The molecule has 274 valence electrons. The third kappa shape index (κ3) is 5.56. The van der Waals surface area contributed by atoms with Gasteiger partial charge in [-0.2, -0.15) is 0 Å². The van der Waals surface area contributed by atoms with Crippen LogP contribution in [0.15, 0.2) is 60.7 Å². The van der Waals surface area contributed by atoms with Gasteiger partial charge in [-0.1, -0.05) is 82.3 Å². The Morgan fingerprint density at radius 1 is 0.519 bits per heavy atom. The summed E-state index contributed by atoms with van der Waals surface area (Å²) in [5.41, 5.74) is 1.34. The van der Waals surface area contributed by atoms with Crippen LogP contribution in [0.5, 0.6) is 0 Å². The van der Waals surface area contributed by atoms with Gasteiger partial charge < -0.3 is 19.6 Å². The van der Waals surface area contributed by atoms with Crippen LogP contribution >= 0.6 is 45.1 Å². The maximum absolute atomic E-state index is 14.0. The highest BCUT2D eigenvalue weighted by Crippen LogP contribution is 2.65. The molecule has 0 saturated carbocycles. The van der Waals surface area contributed by atoms with E-state index in [1.54, 1.807) is 55.7 Å². The number of piperazine rings is 2. The number of benzene rings is 2.